The molecule has 2 atom stereocenters. The Kier molecular flexibility index (Phi) is 4.98. The van der Waals surface area contributed by atoms with Gasteiger partial charge < -0.3 is 0 Å². The first kappa shape index (κ1) is 20.2. The zero-order chi connectivity index (χ0) is 22.1. The molecule has 1 heterocycles. The number of hydrogen-bond donors (Lipinski definition) is 0. The molecule has 162 valence electrons. The van der Waals surface area contributed by atoms with Crippen LogP contribution in [0.15, 0.2) is 127 Å². The van der Waals surface area contributed by atoms with Crippen molar-refractivity contribution in [2.45, 2.75) is 24.0 Å². The first-order valence-corrected chi connectivity index (χ1v) is 11.6. The molecule has 0 amide bonds. The standard InChI is InChI=1S/C31H26O2/c1-5-13-24(14-6-1)25-21-29-23-31(27-17-9-3-10-18-27,28-19-11-4-12-20-28)33-32-30(29,22-25)26-15-7-2-8-16-26/h1-21,29H,22-23H2/t29-,30+/m0/s1. The van der Waals surface area contributed by atoms with Gasteiger partial charge in [0.1, 0.15) is 5.60 Å². The van der Waals surface area contributed by atoms with E-state index in [0.717, 1.165) is 29.5 Å². The SMILES string of the molecule is C1=C(c2ccccc2)C[C@]2(c3ccccc3)OOC(c3ccccc3)(c3ccccc3)C[C@H]12. The second-order valence-electron chi connectivity index (χ2n) is 9.03. The van der Waals surface area contributed by atoms with Gasteiger partial charge in [-0.1, -0.05) is 127 Å². The first-order chi connectivity index (χ1) is 16.3. The number of fused-ring (bicyclic) bond motifs is 1. The summed E-state index contributed by atoms with van der Waals surface area (Å²) in [5.74, 6) is 0.157. The van der Waals surface area contributed by atoms with Crippen LogP contribution in [0.5, 0.6) is 0 Å². The second kappa shape index (κ2) is 8.15. The van der Waals surface area contributed by atoms with Crippen molar-refractivity contribution in [2.24, 2.45) is 5.92 Å². The summed E-state index contributed by atoms with van der Waals surface area (Å²) in [4.78, 5) is 13.2. The summed E-state index contributed by atoms with van der Waals surface area (Å²) in [5.41, 5.74) is 4.72. The lowest BCUT2D eigenvalue weighted by atomic mass is 9.72. The molecule has 0 aromatic heterocycles. The molecule has 4 aromatic rings. The Balaban J connectivity index is 1.50. The molecule has 0 bridgehead atoms. The van der Waals surface area contributed by atoms with Gasteiger partial charge in [0.15, 0.2) is 5.60 Å². The first-order valence-electron chi connectivity index (χ1n) is 11.6. The molecule has 2 nitrogen and oxygen atoms in total. The van der Waals surface area contributed by atoms with Gasteiger partial charge in [-0.25, -0.2) is 9.78 Å². The Bertz CT molecular complexity index is 1210. The lowest BCUT2D eigenvalue weighted by Crippen LogP contribution is -2.48. The Morgan fingerprint density at radius 3 is 1.58 bits per heavy atom. The Hall–Kier alpha value is -3.46. The minimum Gasteiger partial charge on any atom is -0.223 e. The summed E-state index contributed by atoms with van der Waals surface area (Å²) in [6.45, 7) is 0. The van der Waals surface area contributed by atoms with Gasteiger partial charge in [-0.2, -0.15) is 0 Å². The highest BCUT2D eigenvalue weighted by Crippen LogP contribution is 2.58. The van der Waals surface area contributed by atoms with Crippen molar-refractivity contribution in [2.75, 3.05) is 0 Å². The van der Waals surface area contributed by atoms with Crippen molar-refractivity contribution in [3.8, 4) is 0 Å². The van der Waals surface area contributed by atoms with E-state index >= 15 is 0 Å². The normalized spacial score (nSPS) is 23.5. The van der Waals surface area contributed by atoms with Crippen LogP contribution in [0.1, 0.15) is 35.1 Å². The lowest BCUT2D eigenvalue weighted by molar-refractivity contribution is -0.449. The maximum Gasteiger partial charge on any atom is 0.154 e. The Morgan fingerprint density at radius 2 is 1.03 bits per heavy atom. The number of hydrogen-bond acceptors (Lipinski definition) is 2. The highest BCUT2D eigenvalue weighted by Gasteiger charge is 2.56. The van der Waals surface area contributed by atoms with E-state index in [1.54, 1.807) is 0 Å². The van der Waals surface area contributed by atoms with E-state index in [9.17, 15) is 0 Å². The largest absolute Gasteiger partial charge is 0.223 e. The summed E-state index contributed by atoms with van der Waals surface area (Å²) < 4.78 is 0. The van der Waals surface area contributed by atoms with Crippen LogP contribution in [0, 0.1) is 5.92 Å². The molecule has 0 unspecified atom stereocenters. The molecule has 1 saturated heterocycles. The van der Waals surface area contributed by atoms with Crippen LogP contribution in [0.3, 0.4) is 0 Å². The van der Waals surface area contributed by atoms with Gasteiger partial charge in [0.25, 0.3) is 0 Å². The van der Waals surface area contributed by atoms with Crippen molar-refractivity contribution in [1.29, 1.82) is 0 Å². The van der Waals surface area contributed by atoms with E-state index in [-0.39, 0.29) is 5.92 Å². The molecule has 0 N–H and O–H groups in total. The summed E-state index contributed by atoms with van der Waals surface area (Å²) in [5, 5.41) is 0. The minimum atomic E-state index is -0.673. The third kappa shape index (κ3) is 3.34. The smallest absolute Gasteiger partial charge is 0.154 e. The maximum atomic E-state index is 6.60. The molecule has 0 spiro atoms. The Labute approximate surface area is 195 Å². The van der Waals surface area contributed by atoms with Crippen molar-refractivity contribution in [3.63, 3.8) is 0 Å². The number of rotatable bonds is 4. The molecule has 0 saturated carbocycles. The van der Waals surface area contributed by atoms with Gasteiger partial charge in [0.2, 0.25) is 0 Å². The third-order valence-corrected chi connectivity index (χ3v) is 7.18. The predicted molar refractivity (Wildman–Crippen MR) is 131 cm³/mol. The average molecular weight is 431 g/mol. The topological polar surface area (TPSA) is 18.5 Å². The molecular weight excluding hydrogens is 404 g/mol. The molecule has 1 aliphatic carbocycles. The van der Waals surface area contributed by atoms with Gasteiger partial charge in [0.05, 0.1) is 0 Å². The van der Waals surface area contributed by atoms with Gasteiger partial charge in [-0.05, 0) is 34.2 Å². The van der Waals surface area contributed by atoms with E-state index < -0.39 is 11.2 Å². The van der Waals surface area contributed by atoms with Crippen LogP contribution < -0.4 is 0 Å². The van der Waals surface area contributed by atoms with Crippen molar-refractivity contribution in [3.05, 3.63) is 150 Å². The van der Waals surface area contributed by atoms with Gasteiger partial charge in [0, 0.05) is 12.3 Å². The second-order valence-corrected chi connectivity index (χ2v) is 9.03. The van der Waals surface area contributed by atoms with Gasteiger partial charge in [-0.3, -0.25) is 0 Å². The van der Waals surface area contributed by atoms with Crippen LogP contribution in [-0.4, -0.2) is 0 Å². The fourth-order valence-corrected chi connectivity index (χ4v) is 5.50. The third-order valence-electron chi connectivity index (χ3n) is 7.18. The molecule has 4 aromatic carbocycles. The van der Waals surface area contributed by atoms with E-state index in [1.807, 2.05) is 12.1 Å². The minimum absolute atomic E-state index is 0.157. The summed E-state index contributed by atoms with van der Waals surface area (Å²) in [6.07, 6.45) is 4.00. The predicted octanol–water partition coefficient (Wildman–Crippen LogP) is 7.28. The van der Waals surface area contributed by atoms with Crippen molar-refractivity contribution < 1.29 is 9.78 Å². The molecule has 0 radical (unpaired) electrons. The van der Waals surface area contributed by atoms with Crippen LogP contribution in [-0.2, 0) is 21.0 Å². The summed E-state index contributed by atoms with van der Waals surface area (Å²) in [6, 6.07) is 42.1. The molecule has 2 aliphatic rings. The zero-order valence-electron chi connectivity index (χ0n) is 18.4. The van der Waals surface area contributed by atoms with E-state index in [0.29, 0.717) is 0 Å². The van der Waals surface area contributed by atoms with Crippen LogP contribution >= 0.6 is 0 Å². The van der Waals surface area contributed by atoms with E-state index in [2.05, 4.69) is 115 Å². The molecule has 6 rings (SSSR count). The maximum absolute atomic E-state index is 6.60. The zero-order valence-corrected chi connectivity index (χ0v) is 18.4. The average Bonchev–Trinajstić information content (AvgIpc) is 3.30. The molecule has 2 heteroatoms. The highest BCUT2D eigenvalue weighted by atomic mass is 17.2. The van der Waals surface area contributed by atoms with Gasteiger partial charge >= 0.3 is 0 Å². The van der Waals surface area contributed by atoms with Crippen LogP contribution in [0.25, 0.3) is 5.57 Å². The summed E-state index contributed by atoms with van der Waals surface area (Å²) in [7, 11) is 0. The molecule has 1 aliphatic heterocycles. The Morgan fingerprint density at radius 1 is 0.545 bits per heavy atom. The monoisotopic (exact) mass is 430 g/mol. The van der Waals surface area contributed by atoms with Crippen LogP contribution in [0.2, 0.25) is 0 Å². The van der Waals surface area contributed by atoms with Crippen molar-refractivity contribution >= 4 is 5.57 Å². The fourth-order valence-electron chi connectivity index (χ4n) is 5.50. The number of benzene rings is 4. The molecular formula is C31H26O2. The fraction of sp³-hybridized carbons (Fsp3) is 0.161. The van der Waals surface area contributed by atoms with E-state index in [4.69, 9.17) is 9.78 Å². The van der Waals surface area contributed by atoms with E-state index in [1.165, 1.54) is 11.1 Å². The quantitative estimate of drug-likeness (QED) is 0.317. The van der Waals surface area contributed by atoms with Gasteiger partial charge in [-0.15, -0.1) is 0 Å². The molecule has 1 fully saturated rings. The van der Waals surface area contributed by atoms with Crippen LogP contribution in [0.4, 0.5) is 0 Å². The lowest BCUT2D eigenvalue weighted by Gasteiger charge is -2.47. The van der Waals surface area contributed by atoms with Crippen molar-refractivity contribution in [1.82, 2.24) is 0 Å². The summed E-state index contributed by atoms with van der Waals surface area (Å²) >= 11 is 0. The molecule has 33 heavy (non-hydrogen) atoms. The highest BCUT2D eigenvalue weighted by molar-refractivity contribution is 5.70.